The molecule has 92 valence electrons. The maximum absolute atomic E-state index is 13.4. The third-order valence-electron chi connectivity index (χ3n) is 3.23. The third kappa shape index (κ3) is 1.86. The fourth-order valence-corrected chi connectivity index (χ4v) is 2.70. The summed E-state index contributed by atoms with van der Waals surface area (Å²) < 4.78 is 14.3. The molecule has 2 N–H and O–H groups in total. The average Bonchev–Trinajstić information content (AvgIpc) is 2.75. The van der Waals surface area contributed by atoms with Crippen LogP contribution in [0.25, 0.3) is 0 Å². The van der Waals surface area contributed by atoms with Gasteiger partial charge in [0.25, 0.3) is 0 Å². The maximum Gasteiger partial charge on any atom is 0.125 e. The van der Waals surface area contributed by atoms with E-state index in [-0.39, 0.29) is 5.82 Å². The molecular weight excluding hydrogens is 295 g/mol. The minimum atomic E-state index is -0.214. The molecule has 0 atom stereocenters. The summed E-state index contributed by atoms with van der Waals surface area (Å²) >= 11 is 3.44. The Balaban J connectivity index is 2.11. The molecule has 1 aliphatic rings. The molecule has 0 bridgehead atoms. The van der Waals surface area contributed by atoms with E-state index in [2.05, 4.69) is 20.8 Å². The molecule has 1 heterocycles. The Morgan fingerprint density at radius 1 is 1.11 bits per heavy atom. The number of nitrogens with two attached hydrogens (primary N) is 1. The van der Waals surface area contributed by atoms with E-state index in [0.717, 1.165) is 34.4 Å². The summed E-state index contributed by atoms with van der Waals surface area (Å²) in [5.74, 6) is -0.214. The lowest BCUT2D eigenvalue weighted by molar-refractivity contribution is 0.628. The largest absolute Gasteiger partial charge is 0.397 e. The second-order valence-electron chi connectivity index (χ2n) is 4.38. The van der Waals surface area contributed by atoms with E-state index in [4.69, 9.17) is 5.73 Å². The van der Waals surface area contributed by atoms with Crippen molar-refractivity contribution in [2.75, 3.05) is 17.2 Å². The zero-order chi connectivity index (χ0) is 12.7. The molecule has 1 aliphatic heterocycles. The first-order valence-electron chi connectivity index (χ1n) is 5.76. The molecule has 2 aromatic carbocycles. The van der Waals surface area contributed by atoms with E-state index in [1.54, 1.807) is 6.07 Å². The Kier molecular flexibility index (Phi) is 2.74. The molecule has 0 fully saturated rings. The molecule has 4 heteroatoms. The van der Waals surface area contributed by atoms with Crippen molar-refractivity contribution in [1.82, 2.24) is 0 Å². The number of anilines is 3. The van der Waals surface area contributed by atoms with Gasteiger partial charge in [-0.2, -0.15) is 0 Å². The number of hydrogen-bond acceptors (Lipinski definition) is 2. The van der Waals surface area contributed by atoms with Gasteiger partial charge in [-0.15, -0.1) is 0 Å². The number of fused-ring (bicyclic) bond motifs is 1. The molecule has 2 aromatic rings. The van der Waals surface area contributed by atoms with E-state index in [9.17, 15) is 4.39 Å². The number of hydrogen-bond donors (Lipinski definition) is 1. The second kappa shape index (κ2) is 4.28. The van der Waals surface area contributed by atoms with E-state index in [1.165, 1.54) is 6.07 Å². The molecule has 0 aromatic heterocycles. The molecule has 2 nitrogen and oxygen atoms in total. The number of benzene rings is 2. The van der Waals surface area contributed by atoms with Crippen LogP contribution in [0.2, 0.25) is 0 Å². The molecule has 0 saturated carbocycles. The first-order chi connectivity index (χ1) is 8.65. The van der Waals surface area contributed by atoms with Gasteiger partial charge in [-0.1, -0.05) is 22.0 Å². The van der Waals surface area contributed by atoms with E-state index >= 15 is 0 Å². The van der Waals surface area contributed by atoms with Gasteiger partial charge < -0.3 is 10.6 Å². The van der Waals surface area contributed by atoms with Gasteiger partial charge in [0, 0.05) is 16.7 Å². The van der Waals surface area contributed by atoms with Gasteiger partial charge in [0.2, 0.25) is 0 Å². The number of nitrogens with zero attached hydrogens (tertiary/aromatic N) is 1. The molecule has 0 amide bonds. The van der Waals surface area contributed by atoms with Crippen molar-refractivity contribution in [3.8, 4) is 0 Å². The van der Waals surface area contributed by atoms with Crippen LogP contribution < -0.4 is 10.6 Å². The molecule has 0 unspecified atom stereocenters. The normalized spacial score (nSPS) is 13.8. The molecular formula is C14H12BrFN2. The van der Waals surface area contributed by atoms with Crippen molar-refractivity contribution in [2.45, 2.75) is 6.42 Å². The van der Waals surface area contributed by atoms with Crippen LogP contribution in [0, 0.1) is 5.82 Å². The van der Waals surface area contributed by atoms with Crippen LogP contribution in [0.15, 0.2) is 40.9 Å². The monoisotopic (exact) mass is 306 g/mol. The van der Waals surface area contributed by atoms with Gasteiger partial charge in [0.05, 0.1) is 11.4 Å². The van der Waals surface area contributed by atoms with Crippen molar-refractivity contribution < 1.29 is 4.39 Å². The van der Waals surface area contributed by atoms with Crippen LogP contribution >= 0.6 is 15.9 Å². The van der Waals surface area contributed by atoms with Crippen LogP contribution in [0.4, 0.5) is 21.5 Å². The minimum absolute atomic E-state index is 0.214. The third-order valence-corrected chi connectivity index (χ3v) is 3.72. The summed E-state index contributed by atoms with van der Waals surface area (Å²) in [6, 6.07) is 10.7. The van der Waals surface area contributed by atoms with Crippen molar-refractivity contribution in [1.29, 1.82) is 0 Å². The van der Waals surface area contributed by atoms with E-state index in [0.29, 0.717) is 5.69 Å². The maximum atomic E-state index is 13.4. The highest BCUT2D eigenvalue weighted by Crippen LogP contribution is 2.38. The predicted octanol–water partition coefficient (Wildman–Crippen LogP) is 3.86. The molecule has 0 saturated heterocycles. The van der Waals surface area contributed by atoms with Gasteiger partial charge in [0.1, 0.15) is 5.82 Å². The lowest BCUT2D eigenvalue weighted by Crippen LogP contribution is -2.15. The summed E-state index contributed by atoms with van der Waals surface area (Å²) in [5, 5.41) is 0. The number of nitrogen functional groups attached to an aromatic ring is 1. The van der Waals surface area contributed by atoms with Crippen LogP contribution in [-0.4, -0.2) is 6.54 Å². The SMILES string of the molecule is Nc1ccc(Br)cc1N1CCc2ccc(F)cc21. The first kappa shape index (κ1) is 11.5. The van der Waals surface area contributed by atoms with Crippen molar-refractivity contribution >= 4 is 33.0 Å². The smallest absolute Gasteiger partial charge is 0.125 e. The molecule has 0 radical (unpaired) electrons. The van der Waals surface area contributed by atoms with Crippen LogP contribution in [0.3, 0.4) is 0 Å². The zero-order valence-electron chi connectivity index (χ0n) is 9.66. The quantitative estimate of drug-likeness (QED) is 0.811. The summed E-state index contributed by atoms with van der Waals surface area (Å²) in [4.78, 5) is 2.07. The summed E-state index contributed by atoms with van der Waals surface area (Å²) in [6.07, 6.45) is 0.918. The van der Waals surface area contributed by atoms with Gasteiger partial charge in [-0.3, -0.25) is 0 Å². The van der Waals surface area contributed by atoms with Crippen molar-refractivity contribution in [3.05, 3.63) is 52.3 Å². The summed E-state index contributed by atoms with van der Waals surface area (Å²) in [7, 11) is 0. The Morgan fingerprint density at radius 2 is 1.94 bits per heavy atom. The molecule has 3 rings (SSSR count). The van der Waals surface area contributed by atoms with Crippen molar-refractivity contribution in [2.24, 2.45) is 0 Å². The topological polar surface area (TPSA) is 29.3 Å². The highest BCUT2D eigenvalue weighted by Gasteiger charge is 2.22. The number of halogens is 2. The Labute approximate surface area is 113 Å². The zero-order valence-corrected chi connectivity index (χ0v) is 11.2. The van der Waals surface area contributed by atoms with Gasteiger partial charge >= 0.3 is 0 Å². The lowest BCUT2D eigenvalue weighted by Gasteiger charge is -2.21. The number of rotatable bonds is 1. The highest BCUT2D eigenvalue weighted by molar-refractivity contribution is 9.10. The van der Waals surface area contributed by atoms with Crippen LogP contribution in [-0.2, 0) is 6.42 Å². The second-order valence-corrected chi connectivity index (χ2v) is 5.29. The van der Waals surface area contributed by atoms with Gasteiger partial charge in [0.15, 0.2) is 0 Å². The molecule has 0 aliphatic carbocycles. The van der Waals surface area contributed by atoms with E-state index in [1.807, 2.05) is 24.3 Å². The summed E-state index contributed by atoms with van der Waals surface area (Å²) in [5.41, 5.74) is 9.72. The molecule has 18 heavy (non-hydrogen) atoms. The standard InChI is InChI=1S/C14H12BrFN2/c15-10-2-4-12(17)14(7-10)18-6-5-9-1-3-11(16)8-13(9)18/h1-4,7-8H,5-6,17H2. The Hall–Kier alpha value is -1.55. The predicted molar refractivity (Wildman–Crippen MR) is 75.7 cm³/mol. The fraction of sp³-hybridized carbons (Fsp3) is 0.143. The first-order valence-corrected chi connectivity index (χ1v) is 6.55. The van der Waals surface area contributed by atoms with Crippen LogP contribution in [0.1, 0.15) is 5.56 Å². The minimum Gasteiger partial charge on any atom is -0.397 e. The average molecular weight is 307 g/mol. The van der Waals surface area contributed by atoms with Crippen molar-refractivity contribution in [3.63, 3.8) is 0 Å². The van der Waals surface area contributed by atoms with Gasteiger partial charge in [-0.25, -0.2) is 4.39 Å². The lowest BCUT2D eigenvalue weighted by atomic mass is 10.1. The Bertz CT molecular complexity index is 613. The highest BCUT2D eigenvalue weighted by atomic mass is 79.9. The fourth-order valence-electron chi connectivity index (χ4n) is 2.35. The Morgan fingerprint density at radius 3 is 2.78 bits per heavy atom. The van der Waals surface area contributed by atoms with E-state index < -0.39 is 0 Å². The van der Waals surface area contributed by atoms with Gasteiger partial charge in [-0.05, 0) is 42.3 Å². The molecule has 0 spiro atoms. The van der Waals surface area contributed by atoms with Crippen LogP contribution in [0.5, 0.6) is 0 Å². The summed E-state index contributed by atoms with van der Waals surface area (Å²) in [6.45, 7) is 0.833.